The van der Waals surface area contributed by atoms with Gasteiger partial charge in [0, 0.05) is 70.0 Å². The van der Waals surface area contributed by atoms with Gasteiger partial charge in [-0.3, -0.25) is 9.59 Å². The fourth-order valence-electron chi connectivity index (χ4n) is 6.61. The molecule has 8 aromatic rings. The number of carbonyl (C=O) groups excluding carboxylic acids is 2. The molecule has 8 rings (SSSR count). The first kappa shape index (κ1) is 37.5. The highest BCUT2D eigenvalue weighted by Gasteiger charge is 2.22. The molecule has 2 amide bonds. The largest absolute Gasteiger partial charge is 0.339 e. The van der Waals surface area contributed by atoms with Gasteiger partial charge in [0.15, 0.2) is 0 Å². The van der Waals surface area contributed by atoms with Gasteiger partial charge in [-0.15, -0.1) is 25.3 Å². The summed E-state index contributed by atoms with van der Waals surface area (Å²) in [5.74, 6) is 0. The summed E-state index contributed by atoms with van der Waals surface area (Å²) in [6.07, 6.45) is 0. The van der Waals surface area contributed by atoms with Crippen LogP contribution in [0.1, 0.15) is 0 Å². The van der Waals surface area contributed by atoms with Gasteiger partial charge in [0.2, 0.25) is 0 Å². The lowest BCUT2D eigenvalue weighted by Crippen LogP contribution is -2.16. The summed E-state index contributed by atoms with van der Waals surface area (Å²) in [5.41, 5.74) is 4.27. The number of benzene rings is 8. The number of rotatable bonds is 4. The van der Waals surface area contributed by atoms with E-state index < -0.39 is 0 Å². The topological polar surface area (TPSA) is 40.6 Å². The Kier molecular flexibility index (Phi) is 11.3. The van der Waals surface area contributed by atoms with E-state index in [1.807, 2.05) is 48.5 Å². The Morgan fingerprint density at radius 2 is 0.667 bits per heavy atom. The molecule has 8 heteroatoms. The zero-order valence-electron chi connectivity index (χ0n) is 30.3. The molecule has 8 aromatic carbocycles. The van der Waals surface area contributed by atoms with Crippen LogP contribution in [-0.4, -0.2) is 48.5 Å². The lowest BCUT2D eigenvalue weighted by molar-refractivity contribution is 0.240. The van der Waals surface area contributed by atoms with Gasteiger partial charge in [-0.2, -0.15) is 0 Å². The van der Waals surface area contributed by atoms with Crippen molar-refractivity contribution in [1.29, 1.82) is 0 Å². The highest BCUT2D eigenvalue weighted by atomic mass is 32.2. The summed E-state index contributed by atoms with van der Waals surface area (Å²) < 4.78 is 0. The predicted octanol–water partition coefficient (Wildman–Crippen LogP) is 13.4. The zero-order valence-corrected chi connectivity index (χ0v) is 33.7. The minimum atomic E-state index is -0.0414. The van der Waals surface area contributed by atoms with E-state index >= 15 is 0 Å². The van der Waals surface area contributed by atoms with Gasteiger partial charge in [-0.1, -0.05) is 121 Å². The Morgan fingerprint density at radius 1 is 0.389 bits per heavy atom. The first-order valence-corrected chi connectivity index (χ1v) is 19.9. The second-order valence-corrected chi connectivity index (χ2v) is 16.2. The molecule has 268 valence electrons. The van der Waals surface area contributed by atoms with Gasteiger partial charge in [-0.25, -0.2) is 0 Å². The molecule has 0 saturated carbocycles. The van der Waals surface area contributed by atoms with Crippen LogP contribution in [0.4, 0.5) is 9.59 Å². The van der Waals surface area contributed by atoms with E-state index in [0.29, 0.717) is 0 Å². The van der Waals surface area contributed by atoms with Crippen LogP contribution in [-0.2, 0) is 0 Å². The second-order valence-electron chi connectivity index (χ2n) is 13.2. The van der Waals surface area contributed by atoms with Crippen molar-refractivity contribution >= 4 is 102 Å². The first-order valence-electron chi connectivity index (χ1n) is 17.4. The summed E-state index contributed by atoms with van der Waals surface area (Å²) >= 11 is 11.9. The number of carbonyl (C=O) groups is 2. The Morgan fingerprint density at radius 3 is 0.981 bits per heavy atom. The monoisotopic (exact) mass is 778 g/mol. The highest BCUT2D eigenvalue weighted by Crippen LogP contribution is 2.46. The maximum absolute atomic E-state index is 12.7. The minimum Gasteiger partial charge on any atom is -0.339 e. The van der Waals surface area contributed by atoms with Crippen molar-refractivity contribution in [3.63, 3.8) is 0 Å². The zero-order chi connectivity index (χ0) is 37.9. The van der Waals surface area contributed by atoms with Crippen molar-refractivity contribution in [2.75, 3.05) is 28.2 Å². The minimum absolute atomic E-state index is 0.0414. The molecule has 0 N–H and O–H groups in total. The van der Waals surface area contributed by atoms with Crippen LogP contribution in [0.25, 0.3) is 65.3 Å². The number of thioether (sulfide) groups is 2. The van der Waals surface area contributed by atoms with Crippen molar-refractivity contribution in [3.05, 3.63) is 146 Å². The summed E-state index contributed by atoms with van der Waals surface area (Å²) in [6, 6.07) is 49.7. The maximum Gasteiger partial charge on any atom is 0.285 e. The molecule has 54 heavy (non-hydrogen) atoms. The molecule has 0 aliphatic heterocycles. The molecule has 0 saturated heterocycles. The smallest absolute Gasteiger partial charge is 0.285 e. The summed E-state index contributed by atoms with van der Waals surface area (Å²) in [7, 11) is 7.02. The van der Waals surface area contributed by atoms with Gasteiger partial charge < -0.3 is 9.80 Å². The molecular weight excluding hydrogens is 741 g/mol. The van der Waals surface area contributed by atoms with E-state index in [4.69, 9.17) is 25.3 Å². The van der Waals surface area contributed by atoms with E-state index in [9.17, 15) is 9.59 Å². The number of nitrogens with zero attached hydrogens (tertiary/aromatic N) is 2. The molecule has 0 spiro atoms. The fraction of sp³-hybridized carbons (Fsp3) is 0.0870. The molecule has 0 heterocycles. The van der Waals surface area contributed by atoms with E-state index in [-0.39, 0.29) is 10.5 Å². The summed E-state index contributed by atoms with van der Waals surface area (Å²) in [6.45, 7) is 0. The van der Waals surface area contributed by atoms with Crippen LogP contribution in [0.5, 0.6) is 0 Å². The van der Waals surface area contributed by atoms with Gasteiger partial charge >= 0.3 is 0 Å². The number of hydrogen-bond acceptors (Lipinski definition) is 6. The lowest BCUT2D eigenvalue weighted by Gasteiger charge is -2.20. The Labute approximate surface area is 335 Å². The van der Waals surface area contributed by atoms with Crippen molar-refractivity contribution < 1.29 is 9.59 Å². The highest BCUT2D eigenvalue weighted by molar-refractivity contribution is 8.14. The average molecular weight is 779 g/mol. The molecule has 0 unspecified atom stereocenters. The second kappa shape index (κ2) is 16.2. The van der Waals surface area contributed by atoms with Crippen molar-refractivity contribution in [2.24, 2.45) is 0 Å². The Bertz CT molecular complexity index is 2520. The molecule has 0 aliphatic rings. The molecule has 0 bridgehead atoms. The van der Waals surface area contributed by atoms with Crippen LogP contribution < -0.4 is 0 Å². The van der Waals surface area contributed by atoms with E-state index in [1.54, 1.807) is 38.0 Å². The van der Waals surface area contributed by atoms with Crippen molar-refractivity contribution in [2.45, 2.75) is 19.6 Å². The number of thiol groups is 2. The quantitative estimate of drug-likeness (QED) is 0.138. The first-order chi connectivity index (χ1) is 26.1. The van der Waals surface area contributed by atoms with Gasteiger partial charge in [0.1, 0.15) is 0 Å². The fourth-order valence-corrected chi connectivity index (χ4v) is 8.86. The molecule has 0 fully saturated rings. The third kappa shape index (κ3) is 7.57. The van der Waals surface area contributed by atoms with Crippen LogP contribution in [0.15, 0.2) is 165 Å². The number of hydrogen-bond donors (Lipinski definition) is 2. The third-order valence-electron chi connectivity index (χ3n) is 9.22. The third-order valence-corrected chi connectivity index (χ3v) is 12.2. The van der Waals surface area contributed by atoms with Gasteiger partial charge in [0.25, 0.3) is 10.5 Å². The predicted molar refractivity (Wildman–Crippen MR) is 238 cm³/mol. The maximum atomic E-state index is 12.7. The Hall–Kier alpha value is -4.86. The molecule has 0 aromatic heterocycles. The van der Waals surface area contributed by atoms with Crippen LogP contribution in [0, 0.1) is 0 Å². The van der Waals surface area contributed by atoms with E-state index in [0.717, 1.165) is 63.4 Å². The van der Waals surface area contributed by atoms with Crippen molar-refractivity contribution in [3.8, 4) is 22.3 Å². The molecule has 4 nitrogen and oxygen atoms in total. The van der Waals surface area contributed by atoms with E-state index in [2.05, 4.69) is 97.1 Å². The Balaban J connectivity index is 0.000000178. The standard InChI is InChI=1S/C26H24N2O2S2.C20H14S2/c1-27(2)25(29)31-21-15-13-17-9-5-7-11-19(17)23(21)24-20-12-8-6-10-18(20)14-16-22(24)32-26(30)28(3)4;21-17-11-9-13-5-1-3-7-15(13)19(17)20-16-8-4-2-6-14(16)10-12-18(20)22/h5-16H,1-4H3;1-12,21-22H. The molecule has 0 atom stereocenters. The molecular formula is C46H38N2O2S4. The average Bonchev–Trinajstić information content (AvgIpc) is 3.18. The van der Waals surface area contributed by atoms with Crippen LogP contribution in [0.2, 0.25) is 0 Å². The molecule has 0 aliphatic carbocycles. The van der Waals surface area contributed by atoms with Crippen LogP contribution in [0.3, 0.4) is 0 Å². The van der Waals surface area contributed by atoms with E-state index in [1.165, 1.54) is 45.1 Å². The lowest BCUT2D eigenvalue weighted by atomic mass is 9.94. The SMILES string of the molecule is CN(C)C(=O)Sc1ccc2ccccc2c1-c1c(SC(=O)N(C)C)ccc2ccccc12.Sc1ccc2ccccc2c1-c1c(S)ccc2ccccc12. The van der Waals surface area contributed by atoms with Crippen molar-refractivity contribution in [1.82, 2.24) is 9.80 Å². The number of amides is 2. The van der Waals surface area contributed by atoms with Gasteiger partial charge in [-0.05, 0) is 90.9 Å². The normalized spacial score (nSPS) is 11.1. The summed E-state index contributed by atoms with van der Waals surface area (Å²) in [4.78, 5) is 32.2. The molecule has 0 radical (unpaired) electrons. The number of fused-ring (bicyclic) bond motifs is 4. The van der Waals surface area contributed by atoms with Crippen LogP contribution >= 0.6 is 48.8 Å². The van der Waals surface area contributed by atoms with Gasteiger partial charge in [0.05, 0.1) is 0 Å². The summed E-state index contributed by atoms with van der Waals surface area (Å²) in [5, 5.41) is 9.06.